The van der Waals surface area contributed by atoms with Gasteiger partial charge in [-0.3, -0.25) is 14.5 Å². The van der Waals surface area contributed by atoms with Gasteiger partial charge in [0.2, 0.25) is 0 Å². The molecule has 0 amide bonds. The van der Waals surface area contributed by atoms with E-state index < -0.39 is 0 Å². The molecule has 0 saturated carbocycles. The van der Waals surface area contributed by atoms with Gasteiger partial charge in [-0.15, -0.1) is 0 Å². The lowest BCUT2D eigenvalue weighted by Crippen LogP contribution is -2.28. The van der Waals surface area contributed by atoms with Crippen molar-refractivity contribution in [3.05, 3.63) is 0 Å². The summed E-state index contributed by atoms with van der Waals surface area (Å²) in [5.41, 5.74) is 0. The average Bonchev–Trinajstić information content (AvgIpc) is 2.74. The van der Waals surface area contributed by atoms with E-state index in [2.05, 4.69) is 11.8 Å². The monoisotopic (exact) mass is 241 g/mol. The molecule has 1 heterocycles. The zero-order valence-corrected chi connectivity index (χ0v) is 10.9. The largest absolute Gasteiger partial charge is 0.466 e. The molecule has 0 N–H and O–H groups in total. The normalized spacial score (nSPS) is 20.5. The quantitative estimate of drug-likeness (QED) is 0.636. The van der Waals surface area contributed by atoms with Crippen molar-refractivity contribution in [2.45, 2.75) is 39.5 Å². The Morgan fingerprint density at radius 3 is 2.65 bits per heavy atom. The van der Waals surface area contributed by atoms with Crippen molar-refractivity contribution < 1.29 is 14.3 Å². The fourth-order valence-electron chi connectivity index (χ4n) is 2.19. The van der Waals surface area contributed by atoms with Crippen LogP contribution in [-0.2, 0) is 14.3 Å². The Morgan fingerprint density at radius 2 is 2.06 bits per heavy atom. The molecule has 0 aromatic carbocycles. The molecule has 1 rings (SSSR count). The van der Waals surface area contributed by atoms with Crippen molar-refractivity contribution in [1.82, 2.24) is 4.90 Å². The summed E-state index contributed by atoms with van der Waals surface area (Å²) < 4.78 is 4.79. The van der Waals surface area contributed by atoms with E-state index in [1.54, 1.807) is 6.92 Å². The number of carbonyl (C=O) groups excluding carboxylic acids is 2. The minimum atomic E-state index is -0.270. The van der Waals surface area contributed by atoms with Crippen molar-refractivity contribution in [3.63, 3.8) is 0 Å². The highest BCUT2D eigenvalue weighted by Gasteiger charge is 2.22. The van der Waals surface area contributed by atoms with Gasteiger partial charge in [-0.2, -0.15) is 0 Å². The SMILES string of the molecule is CCOC(=O)CCC(=O)CN1CCC(CC)C1. The summed E-state index contributed by atoms with van der Waals surface area (Å²) in [6.07, 6.45) is 2.92. The van der Waals surface area contributed by atoms with Gasteiger partial charge in [0, 0.05) is 13.0 Å². The third kappa shape index (κ3) is 5.31. The van der Waals surface area contributed by atoms with E-state index in [0.717, 1.165) is 19.0 Å². The molecule has 0 spiro atoms. The lowest BCUT2D eigenvalue weighted by atomic mass is 10.1. The van der Waals surface area contributed by atoms with Gasteiger partial charge in [0.15, 0.2) is 0 Å². The minimum Gasteiger partial charge on any atom is -0.466 e. The van der Waals surface area contributed by atoms with E-state index in [0.29, 0.717) is 19.6 Å². The van der Waals surface area contributed by atoms with Crippen molar-refractivity contribution in [2.75, 3.05) is 26.2 Å². The summed E-state index contributed by atoms with van der Waals surface area (Å²) in [5, 5.41) is 0. The van der Waals surface area contributed by atoms with Gasteiger partial charge in [0.1, 0.15) is 5.78 Å². The first-order valence-corrected chi connectivity index (χ1v) is 6.55. The number of nitrogens with zero attached hydrogens (tertiary/aromatic N) is 1. The van der Waals surface area contributed by atoms with Crippen LogP contribution in [0, 0.1) is 5.92 Å². The van der Waals surface area contributed by atoms with E-state index in [1.165, 1.54) is 12.8 Å². The maximum atomic E-state index is 11.7. The van der Waals surface area contributed by atoms with Crippen LogP contribution in [0.15, 0.2) is 0 Å². The van der Waals surface area contributed by atoms with Crippen LogP contribution in [0.25, 0.3) is 0 Å². The van der Waals surface area contributed by atoms with E-state index in [-0.39, 0.29) is 18.2 Å². The Kier molecular flexibility index (Phi) is 6.19. The van der Waals surface area contributed by atoms with Gasteiger partial charge in [-0.25, -0.2) is 0 Å². The van der Waals surface area contributed by atoms with Crippen LogP contribution >= 0.6 is 0 Å². The summed E-state index contributed by atoms with van der Waals surface area (Å²) in [6, 6.07) is 0. The van der Waals surface area contributed by atoms with Crippen LogP contribution < -0.4 is 0 Å². The number of esters is 1. The molecule has 0 radical (unpaired) electrons. The molecule has 1 aliphatic rings. The zero-order chi connectivity index (χ0) is 12.7. The van der Waals surface area contributed by atoms with Crippen LogP contribution in [0.2, 0.25) is 0 Å². The fourth-order valence-corrected chi connectivity index (χ4v) is 2.19. The second kappa shape index (κ2) is 7.43. The Morgan fingerprint density at radius 1 is 1.29 bits per heavy atom. The maximum Gasteiger partial charge on any atom is 0.306 e. The molecule has 0 aromatic rings. The fraction of sp³-hybridized carbons (Fsp3) is 0.846. The van der Waals surface area contributed by atoms with Crippen molar-refractivity contribution in [2.24, 2.45) is 5.92 Å². The van der Waals surface area contributed by atoms with Crippen molar-refractivity contribution >= 4 is 11.8 Å². The van der Waals surface area contributed by atoms with E-state index in [4.69, 9.17) is 4.74 Å². The number of Topliss-reactive ketones (excluding diaryl/α,β-unsaturated/α-hetero) is 1. The molecule has 0 aliphatic carbocycles. The van der Waals surface area contributed by atoms with Crippen molar-refractivity contribution in [3.8, 4) is 0 Å². The summed E-state index contributed by atoms with van der Waals surface area (Å²) in [6.45, 7) is 6.89. The van der Waals surface area contributed by atoms with E-state index in [1.807, 2.05) is 0 Å². The molecule has 1 aliphatic heterocycles. The maximum absolute atomic E-state index is 11.7. The molecule has 4 heteroatoms. The Labute approximate surface area is 103 Å². The summed E-state index contributed by atoms with van der Waals surface area (Å²) >= 11 is 0. The molecule has 1 unspecified atom stereocenters. The first-order chi connectivity index (χ1) is 8.15. The summed E-state index contributed by atoms with van der Waals surface area (Å²) in [5.74, 6) is 0.622. The van der Waals surface area contributed by atoms with Crippen LogP contribution in [0.1, 0.15) is 39.5 Å². The standard InChI is InChI=1S/C13H23NO3/c1-3-11-7-8-14(9-11)10-12(15)5-6-13(16)17-4-2/h11H,3-10H2,1-2H3. The topological polar surface area (TPSA) is 46.6 Å². The molecule has 4 nitrogen and oxygen atoms in total. The second-order valence-electron chi connectivity index (χ2n) is 4.64. The third-order valence-electron chi connectivity index (χ3n) is 3.26. The summed E-state index contributed by atoms with van der Waals surface area (Å²) in [4.78, 5) is 24.9. The number of ether oxygens (including phenoxy) is 1. The molecular weight excluding hydrogens is 218 g/mol. The lowest BCUT2D eigenvalue weighted by Gasteiger charge is -2.14. The Hall–Kier alpha value is -0.900. The molecule has 1 atom stereocenters. The number of carbonyl (C=O) groups is 2. The Balaban J connectivity index is 2.15. The van der Waals surface area contributed by atoms with Crippen LogP contribution in [0.4, 0.5) is 0 Å². The van der Waals surface area contributed by atoms with Gasteiger partial charge in [-0.05, 0) is 25.8 Å². The highest BCUT2D eigenvalue weighted by atomic mass is 16.5. The van der Waals surface area contributed by atoms with E-state index >= 15 is 0 Å². The third-order valence-corrected chi connectivity index (χ3v) is 3.26. The molecule has 1 fully saturated rings. The van der Waals surface area contributed by atoms with Gasteiger partial charge in [0.05, 0.1) is 19.6 Å². The first kappa shape index (κ1) is 14.2. The number of hydrogen-bond donors (Lipinski definition) is 0. The zero-order valence-electron chi connectivity index (χ0n) is 10.9. The molecule has 17 heavy (non-hydrogen) atoms. The predicted octanol–water partition coefficient (Wildman–Crippen LogP) is 1.63. The number of likely N-dealkylation sites (tertiary alicyclic amines) is 1. The van der Waals surface area contributed by atoms with Gasteiger partial charge in [-0.1, -0.05) is 13.3 Å². The molecule has 0 aromatic heterocycles. The molecule has 0 bridgehead atoms. The minimum absolute atomic E-state index is 0.148. The highest BCUT2D eigenvalue weighted by Crippen LogP contribution is 2.18. The molecular formula is C13H23NO3. The average molecular weight is 241 g/mol. The second-order valence-corrected chi connectivity index (χ2v) is 4.64. The van der Waals surface area contributed by atoms with Gasteiger partial charge in [0.25, 0.3) is 0 Å². The predicted molar refractivity (Wildman–Crippen MR) is 65.7 cm³/mol. The smallest absolute Gasteiger partial charge is 0.306 e. The van der Waals surface area contributed by atoms with Crippen molar-refractivity contribution in [1.29, 1.82) is 0 Å². The van der Waals surface area contributed by atoms with Gasteiger partial charge < -0.3 is 4.74 Å². The lowest BCUT2D eigenvalue weighted by molar-refractivity contribution is -0.144. The van der Waals surface area contributed by atoms with E-state index in [9.17, 15) is 9.59 Å². The number of rotatable bonds is 7. The highest BCUT2D eigenvalue weighted by molar-refractivity contribution is 5.84. The first-order valence-electron chi connectivity index (χ1n) is 6.55. The summed E-state index contributed by atoms with van der Waals surface area (Å²) in [7, 11) is 0. The number of ketones is 1. The van der Waals surface area contributed by atoms with Crippen LogP contribution in [-0.4, -0.2) is 42.9 Å². The van der Waals surface area contributed by atoms with Gasteiger partial charge >= 0.3 is 5.97 Å². The van der Waals surface area contributed by atoms with Crippen LogP contribution in [0.5, 0.6) is 0 Å². The molecule has 1 saturated heterocycles. The number of hydrogen-bond acceptors (Lipinski definition) is 4. The molecule has 98 valence electrons. The van der Waals surface area contributed by atoms with Crippen LogP contribution in [0.3, 0.4) is 0 Å². The Bertz CT molecular complexity index is 265.